The third-order valence-electron chi connectivity index (χ3n) is 10.3. The van der Waals surface area contributed by atoms with Crippen molar-refractivity contribution in [2.75, 3.05) is 0 Å². The lowest BCUT2D eigenvalue weighted by Crippen LogP contribution is -2.29. The van der Waals surface area contributed by atoms with Crippen molar-refractivity contribution < 1.29 is 4.74 Å². The van der Waals surface area contributed by atoms with Crippen LogP contribution >= 0.6 is 15.8 Å². The summed E-state index contributed by atoms with van der Waals surface area (Å²) in [5, 5.41) is 2.82. The Morgan fingerprint density at radius 3 is 1.00 bits per heavy atom. The average Bonchev–Trinajstić information content (AvgIpc) is 4.03. The quantitative estimate of drug-likeness (QED) is 0.166. The Balaban J connectivity index is 1.17. The number of rotatable bonds is 6. The number of ether oxygens (including phenoxy) is 1. The fourth-order valence-corrected chi connectivity index (χ4v) is 14.4. The Kier molecular flexibility index (Phi) is 6.78. The van der Waals surface area contributed by atoms with Gasteiger partial charge in [0, 0.05) is 49.8 Å². The predicted molar refractivity (Wildman–Crippen MR) is 195 cm³/mol. The molecule has 3 heterocycles. The lowest BCUT2D eigenvalue weighted by molar-refractivity contribution is 0.425. The Morgan fingerprint density at radius 1 is 0.391 bits per heavy atom. The van der Waals surface area contributed by atoms with Gasteiger partial charge in [0.25, 0.3) is 0 Å². The van der Waals surface area contributed by atoms with E-state index in [1.807, 2.05) is 0 Å². The molecule has 6 aromatic rings. The Labute approximate surface area is 274 Å². The Bertz CT molecular complexity index is 1790. The molecule has 3 aliphatic rings. The first kappa shape index (κ1) is 28.2. The second-order valence-corrected chi connectivity index (χ2v) is 18.1. The van der Waals surface area contributed by atoms with Crippen LogP contribution in [0.3, 0.4) is 0 Å². The molecule has 2 fully saturated rings. The lowest BCUT2D eigenvalue weighted by Gasteiger charge is -2.36. The van der Waals surface area contributed by atoms with Crippen LogP contribution in [0.25, 0.3) is 0 Å². The van der Waals surface area contributed by atoms with Crippen LogP contribution in [0, 0.1) is 0 Å². The molecule has 1 nitrogen and oxygen atoms in total. The van der Waals surface area contributed by atoms with Gasteiger partial charge in [-0.15, -0.1) is 0 Å². The largest absolute Gasteiger partial charge is 0.455 e. The Hall–Kier alpha value is -4.02. The van der Waals surface area contributed by atoms with E-state index in [4.69, 9.17) is 4.74 Å². The van der Waals surface area contributed by atoms with Gasteiger partial charge in [-0.1, -0.05) is 187 Å². The molecular weight excluding hydrogens is 594 g/mol. The first-order chi connectivity index (χ1) is 22.6. The van der Waals surface area contributed by atoms with Gasteiger partial charge in [-0.25, -0.2) is 0 Å². The zero-order valence-corrected chi connectivity index (χ0v) is 27.9. The number of hydrogen-bond donors (Lipinski definition) is 0. The van der Waals surface area contributed by atoms with Gasteiger partial charge < -0.3 is 4.74 Å². The van der Waals surface area contributed by atoms with Gasteiger partial charge in [-0.2, -0.15) is 0 Å². The summed E-state index contributed by atoms with van der Waals surface area (Å²) in [6.07, 6.45) is 0. The molecule has 0 aliphatic carbocycles. The number of para-hydroxylation sites is 2. The molecule has 6 aromatic carbocycles. The van der Waals surface area contributed by atoms with E-state index in [1.54, 1.807) is 0 Å². The van der Waals surface area contributed by atoms with E-state index in [-0.39, 0.29) is 5.41 Å². The van der Waals surface area contributed by atoms with E-state index in [2.05, 4.69) is 172 Å². The second kappa shape index (κ2) is 11.1. The number of hydrogen-bond acceptors (Lipinski definition) is 1. The zero-order valence-electron chi connectivity index (χ0n) is 26.1. The maximum Gasteiger partial charge on any atom is 0.139 e. The highest BCUT2D eigenvalue weighted by Gasteiger charge is 2.56. The van der Waals surface area contributed by atoms with Crippen LogP contribution in [0.1, 0.15) is 69.9 Å². The molecule has 3 aliphatic heterocycles. The molecule has 3 heteroatoms. The van der Waals surface area contributed by atoms with Crippen molar-refractivity contribution in [2.45, 2.75) is 41.9 Å². The monoisotopic (exact) mass is 630 g/mol. The minimum atomic E-state index is -0.489. The zero-order chi connectivity index (χ0) is 30.8. The second-order valence-electron chi connectivity index (χ2n) is 13.3. The maximum atomic E-state index is 7.35. The van der Waals surface area contributed by atoms with Crippen molar-refractivity contribution in [3.63, 3.8) is 0 Å². The minimum absolute atomic E-state index is 0.166. The number of fused-ring (bicyclic) bond motifs is 2. The highest BCUT2D eigenvalue weighted by molar-refractivity contribution is 7.74. The van der Waals surface area contributed by atoms with Crippen LogP contribution in [0.5, 0.6) is 11.5 Å². The smallest absolute Gasteiger partial charge is 0.139 e. The standard InChI is InChI=1S/C43H36OP2/c1-43(2)33-25-15-27-35(45-39(29-17-7-3-8-18-29)40(45)30-19-9-4-10-20-30)37(33)44-38-34(43)26-16-28-36(38)46-41(31-21-11-5-12-22-31)42(46)32-23-13-6-14-24-32/h3-28,39-42H,1-2H3. The summed E-state index contributed by atoms with van der Waals surface area (Å²) >= 11 is 0. The van der Waals surface area contributed by atoms with Crippen LogP contribution in [0.15, 0.2) is 158 Å². The summed E-state index contributed by atoms with van der Waals surface area (Å²) in [6.45, 7) is 4.79. The van der Waals surface area contributed by atoms with Crippen molar-refractivity contribution in [3.8, 4) is 11.5 Å². The first-order valence-corrected chi connectivity index (χ1v) is 19.3. The molecule has 0 aromatic heterocycles. The molecule has 0 saturated carbocycles. The van der Waals surface area contributed by atoms with Crippen LogP contribution in [-0.2, 0) is 5.41 Å². The third kappa shape index (κ3) is 4.52. The first-order valence-electron chi connectivity index (χ1n) is 16.3. The fraction of sp³-hybridized carbons (Fsp3) is 0.163. The van der Waals surface area contributed by atoms with Gasteiger partial charge in [0.05, 0.1) is 0 Å². The molecule has 0 amide bonds. The highest BCUT2D eigenvalue weighted by Crippen LogP contribution is 2.86. The summed E-state index contributed by atoms with van der Waals surface area (Å²) in [5.74, 6) is 2.23. The van der Waals surface area contributed by atoms with Crippen LogP contribution in [-0.4, -0.2) is 0 Å². The van der Waals surface area contributed by atoms with Crippen molar-refractivity contribution in [1.29, 1.82) is 0 Å². The van der Waals surface area contributed by atoms with E-state index in [9.17, 15) is 0 Å². The average molecular weight is 631 g/mol. The normalized spacial score (nSPS) is 25.1. The van der Waals surface area contributed by atoms with Gasteiger partial charge >= 0.3 is 0 Å². The number of benzene rings is 6. The van der Waals surface area contributed by atoms with Gasteiger partial charge in [-0.3, -0.25) is 0 Å². The van der Waals surface area contributed by atoms with Gasteiger partial charge in [-0.05, 0) is 22.3 Å². The van der Waals surface area contributed by atoms with Crippen molar-refractivity contribution in [1.82, 2.24) is 0 Å². The summed E-state index contributed by atoms with van der Waals surface area (Å²) in [6, 6.07) is 58.5. The summed E-state index contributed by atoms with van der Waals surface area (Å²) < 4.78 is 7.35. The topological polar surface area (TPSA) is 9.23 Å². The molecular formula is C43H36OP2. The predicted octanol–water partition coefficient (Wildman–Crippen LogP) is 11.3. The molecule has 4 unspecified atom stereocenters. The van der Waals surface area contributed by atoms with E-state index in [1.165, 1.54) is 44.0 Å². The van der Waals surface area contributed by atoms with Crippen molar-refractivity contribution in [3.05, 3.63) is 191 Å². The fourth-order valence-electron chi connectivity index (χ4n) is 7.94. The summed E-state index contributed by atoms with van der Waals surface area (Å²) in [5.41, 5.74) is 10.2. The van der Waals surface area contributed by atoms with Crippen LogP contribution in [0.2, 0.25) is 0 Å². The molecule has 0 spiro atoms. The summed E-state index contributed by atoms with van der Waals surface area (Å²) in [4.78, 5) is 0. The molecule has 0 N–H and O–H groups in total. The van der Waals surface area contributed by atoms with Crippen LogP contribution in [0.4, 0.5) is 0 Å². The molecule has 4 atom stereocenters. The van der Waals surface area contributed by atoms with Gasteiger partial charge in [0.15, 0.2) is 0 Å². The van der Waals surface area contributed by atoms with Crippen molar-refractivity contribution in [2.24, 2.45) is 0 Å². The van der Waals surface area contributed by atoms with Crippen molar-refractivity contribution >= 4 is 26.5 Å². The lowest BCUT2D eigenvalue weighted by atomic mass is 9.76. The summed E-state index contributed by atoms with van der Waals surface area (Å²) in [7, 11) is -0.979. The molecule has 0 bridgehead atoms. The highest BCUT2D eigenvalue weighted by atomic mass is 31.1. The van der Waals surface area contributed by atoms with E-state index >= 15 is 0 Å². The minimum Gasteiger partial charge on any atom is -0.455 e. The van der Waals surface area contributed by atoms with Gasteiger partial charge in [0.2, 0.25) is 0 Å². The van der Waals surface area contributed by atoms with E-state index in [0.29, 0.717) is 22.6 Å². The SMILES string of the molecule is CC1(C)c2cccc(P3C(c4ccccc4)C3c3ccccc3)c2Oc2c(P3C(c4ccccc4)C3c3ccccc3)cccc21. The van der Waals surface area contributed by atoms with E-state index < -0.39 is 15.8 Å². The molecule has 2 saturated heterocycles. The Morgan fingerprint density at radius 2 is 0.696 bits per heavy atom. The molecule has 9 rings (SSSR count). The van der Waals surface area contributed by atoms with Crippen LogP contribution < -0.4 is 15.3 Å². The molecule has 224 valence electrons. The maximum absolute atomic E-state index is 7.35. The van der Waals surface area contributed by atoms with Gasteiger partial charge in [0.1, 0.15) is 11.5 Å². The third-order valence-corrected chi connectivity index (χ3v) is 16.2. The molecule has 46 heavy (non-hydrogen) atoms. The van der Waals surface area contributed by atoms with E-state index in [0.717, 1.165) is 11.5 Å². The molecule has 0 radical (unpaired) electrons.